The minimum absolute atomic E-state index is 0.141. The number of rotatable bonds is 1. The minimum Gasteiger partial charge on any atom is -0.361 e. The summed E-state index contributed by atoms with van der Waals surface area (Å²) in [6.45, 7) is 0. The van der Waals surface area contributed by atoms with Crippen LogP contribution < -0.4 is 15.8 Å². The fraction of sp³-hybridized carbons (Fsp3) is 0.107. The highest BCUT2D eigenvalue weighted by Crippen LogP contribution is 2.29. The van der Waals surface area contributed by atoms with Crippen molar-refractivity contribution in [3.05, 3.63) is 116 Å². The van der Waals surface area contributed by atoms with Crippen molar-refractivity contribution >= 4 is 29.2 Å². The Hall–Kier alpha value is -3.65. The molecule has 1 N–H and O–H groups in total. The average Bonchev–Trinajstić information content (AvgIpc) is 3.03. The molecule has 144 valence electrons. The minimum atomic E-state index is 0.141. The predicted molar refractivity (Wildman–Crippen MR) is 122 cm³/mol. The molecule has 0 radical (unpaired) electrons. The molecule has 0 spiro atoms. The van der Waals surface area contributed by atoms with Gasteiger partial charge in [-0.3, -0.25) is 4.79 Å². The zero-order valence-corrected chi connectivity index (χ0v) is 16.6. The van der Waals surface area contributed by atoms with Gasteiger partial charge >= 0.3 is 0 Å². The van der Waals surface area contributed by atoms with Gasteiger partial charge in [-0.15, -0.1) is 0 Å². The molecule has 2 heteroatoms. The molecule has 2 nitrogen and oxygen atoms in total. The summed E-state index contributed by atoms with van der Waals surface area (Å²) in [5.74, 6) is 0.141. The maximum atomic E-state index is 13.1. The highest BCUT2D eigenvalue weighted by atomic mass is 16.1. The molecule has 3 aromatic carbocycles. The van der Waals surface area contributed by atoms with E-state index in [1.807, 2.05) is 24.4 Å². The maximum absolute atomic E-state index is 13.1. The molecule has 30 heavy (non-hydrogen) atoms. The Balaban J connectivity index is 1.65. The van der Waals surface area contributed by atoms with Crippen molar-refractivity contribution in [2.75, 3.05) is 5.32 Å². The Morgan fingerprint density at radius 2 is 1.73 bits per heavy atom. The number of hydrogen-bond donors (Lipinski definition) is 1. The van der Waals surface area contributed by atoms with Crippen molar-refractivity contribution in [1.29, 1.82) is 0 Å². The molecule has 0 saturated carbocycles. The number of carbonyl (C=O) groups excluding carboxylic acids is 1. The molecular weight excluding hydrogens is 366 g/mol. The Bertz CT molecular complexity index is 1510. The first kappa shape index (κ1) is 17.2. The SMILES string of the molecule is O=C1C=c2ccccc2=c2ccc3c(c21)CCCC=3c1ccc2c(c1)C=CC=CN2. The number of anilines is 1. The molecule has 1 aliphatic heterocycles. The molecule has 0 unspecified atom stereocenters. The molecule has 0 atom stereocenters. The summed E-state index contributed by atoms with van der Waals surface area (Å²) in [5.41, 5.74) is 7.02. The summed E-state index contributed by atoms with van der Waals surface area (Å²) in [7, 11) is 0. The van der Waals surface area contributed by atoms with Gasteiger partial charge in [-0.1, -0.05) is 54.6 Å². The monoisotopic (exact) mass is 387 g/mol. The van der Waals surface area contributed by atoms with E-state index in [9.17, 15) is 4.79 Å². The largest absolute Gasteiger partial charge is 0.361 e. The molecule has 1 heterocycles. The van der Waals surface area contributed by atoms with Crippen LogP contribution in [0.2, 0.25) is 0 Å². The fourth-order valence-electron chi connectivity index (χ4n) is 5.03. The predicted octanol–water partition coefficient (Wildman–Crippen LogP) is 4.44. The van der Waals surface area contributed by atoms with Gasteiger partial charge in [0.15, 0.2) is 5.78 Å². The van der Waals surface area contributed by atoms with Gasteiger partial charge in [0.2, 0.25) is 0 Å². The van der Waals surface area contributed by atoms with Crippen molar-refractivity contribution in [1.82, 2.24) is 0 Å². The molecule has 3 aliphatic rings. The second-order valence-corrected chi connectivity index (χ2v) is 8.11. The van der Waals surface area contributed by atoms with Crippen molar-refractivity contribution in [3.8, 4) is 0 Å². The van der Waals surface area contributed by atoms with E-state index in [4.69, 9.17) is 0 Å². The van der Waals surface area contributed by atoms with Crippen molar-refractivity contribution < 1.29 is 4.79 Å². The zero-order chi connectivity index (χ0) is 20.1. The van der Waals surface area contributed by atoms with Gasteiger partial charge in [0.25, 0.3) is 0 Å². The van der Waals surface area contributed by atoms with Gasteiger partial charge in [0, 0.05) is 17.5 Å². The first-order valence-corrected chi connectivity index (χ1v) is 10.5. The lowest BCUT2D eigenvalue weighted by atomic mass is 9.83. The number of nitrogens with one attached hydrogen (secondary N) is 1. The summed E-state index contributed by atoms with van der Waals surface area (Å²) >= 11 is 0. The number of carbonyl (C=O) groups is 1. The van der Waals surface area contributed by atoms with Crippen molar-refractivity contribution in [2.45, 2.75) is 19.3 Å². The molecule has 0 fully saturated rings. The number of Topliss-reactive ketones (excluding diaryl/α,β-unsaturated/α-hetero) is 1. The molecule has 0 bridgehead atoms. The van der Waals surface area contributed by atoms with Gasteiger partial charge in [-0.05, 0) is 86.7 Å². The van der Waals surface area contributed by atoms with Gasteiger partial charge in [-0.25, -0.2) is 0 Å². The number of hydrogen-bond acceptors (Lipinski definition) is 2. The average molecular weight is 387 g/mol. The maximum Gasteiger partial charge on any atom is 0.187 e. The van der Waals surface area contributed by atoms with Gasteiger partial charge < -0.3 is 5.32 Å². The van der Waals surface area contributed by atoms with E-state index in [-0.39, 0.29) is 5.78 Å². The molecule has 3 aromatic rings. The lowest BCUT2D eigenvalue weighted by Gasteiger charge is -2.21. The summed E-state index contributed by atoms with van der Waals surface area (Å²) in [4.78, 5) is 13.1. The quantitative estimate of drug-likeness (QED) is 0.669. The van der Waals surface area contributed by atoms with Crippen molar-refractivity contribution in [2.24, 2.45) is 0 Å². The smallest absolute Gasteiger partial charge is 0.187 e. The Morgan fingerprint density at radius 3 is 2.70 bits per heavy atom. The van der Waals surface area contributed by atoms with Gasteiger partial charge in [0.1, 0.15) is 0 Å². The van der Waals surface area contributed by atoms with E-state index in [1.54, 1.807) is 6.08 Å². The van der Waals surface area contributed by atoms with E-state index < -0.39 is 0 Å². The van der Waals surface area contributed by atoms with Crippen molar-refractivity contribution in [3.63, 3.8) is 0 Å². The zero-order valence-electron chi connectivity index (χ0n) is 16.6. The van der Waals surface area contributed by atoms with Gasteiger partial charge in [0.05, 0.1) is 0 Å². The van der Waals surface area contributed by atoms with Crippen LogP contribution in [-0.2, 0) is 6.42 Å². The lowest BCUT2D eigenvalue weighted by molar-refractivity contribution is 0.105. The molecule has 0 amide bonds. The fourth-order valence-corrected chi connectivity index (χ4v) is 5.03. The highest BCUT2D eigenvalue weighted by Gasteiger charge is 2.21. The van der Waals surface area contributed by atoms with Crippen LogP contribution in [0.1, 0.15) is 39.9 Å². The summed E-state index contributed by atoms with van der Waals surface area (Å²) < 4.78 is 0. The number of fused-ring (bicyclic) bond motifs is 5. The van der Waals surface area contributed by atoms with Crippen LogP contribution in [0, 0.1) is 10.4 Å². The third kappa shape index (κ3) is 2.61. The van der Waals surface area contributed by atoms with Crippen LogP contribution >= 0.6 is 0 Å². The standard InChI is InChI=1S/C28H21NO/c30-27-17-18-6-1-2-8-22(18)25-13-12-23-21(9-5-10-24(23)28(25)27)19-11-14-26-20(16-19)7-3-4-15-29-26/h1-4,6-8,11-17,29H,5,9-10H2. The summed E-state index contributed by atoms with van der Waals surface area (Å²) in [6, 6.07) is 19.2. The molecular formula is C28H21NO. The molecule has 0 saturated heterocycles. The van der Waals surface area contributed by atoms with Crippen LogP contribution in [0.15, 0.2) is 72.9 Å². The summed E-state index contributed by atoms with van der Waals surface area (Å²) in [6.07, 6.45) is 13.0. The van der Waals surface area contributed by atoms with Gasteiger partial charge in [-0.2, -0.15) is 0 Å². The van der Waals surface area contributed by atoms with E-state index >= 15 is 0 Å². The van der Waals surface area contributed by atoms with E-state index in [1.165, 1.54) is 27.5 Å². The summed E-state index contributed by atoms with van der Waals surface area (Å²) in [5, 5.41) is 7.84. The normalized spacial score (nSPS) is 15.9. The Kier molecular flexibility index (Phi) is 3.85. The molecule has 0 aromatic heterocycles. The Labute approximate surface area is 174 Å². The Morgan fingerprint density at radius 1 is 0.833 bits per heavy atom. The van der Waals surface area contributed by atoms with Crippen LogP contribution in [0.25, 0.3) is 17.7 Å². The second-order valence-electron chi connectivity index (χ2n) is 8.11. The van der Waals surface area contributed by atoms with E-state index in [2.05, 4.69) is 59.9 Å². The third-order valence-corrected chi connectivity index (χ3v) is 6.40. The molecule has 2 aliphatic carbocycles. The topological polar surface area (TPSA) is 29.1 Å². The van der Waals surface area contributed by atoms with Crippen LogP contribution in [0.4, 0.5) is 5.69 Å². The molecule has 6 rings (SSSR count). The second kappa shape index (κ2) is 6.70. The van der Waals surface area contributed by atoms with E-state index in [0.717, 1.165) is 46.2 Å². The van der Waals surface area contributed by atoms with Crippen LogP contribution in [-0.4, -0.2) is 5.78 Å². The number of ketones is 1. The third-order valence-electron chi connectivity index (χ3n) is 6.40. The lowest BCUT2D eigenvalue weighted by Crippen LogP contribution is -2.25. The number of benzene rings is 3. The first-order chi connectivity index (χ1) is 14.8. The first-order valence-electron chi connectivity index (χ1n) is 10.5. The van der Waals surface area contributed by atoms with E-state index in [0.29, 0.717) is 0 Å². The van der Waals surface area contributed by atoms with Crippen LogP contribution in [0.5, 0.6) is 0 Å². The van der Waals surface area contributed by atoms with Crippen LogP contribution in [0.3, 0.4) is 0 Å². The highest BCUT2D eigenvalue weighted by molar-refractivity contribution is 6.18. The number of allylic oxidation sites excluding steroid dienone is 2.